The molecule has 0 radical (unpaired) electrons. The Bertz CT molecular complexity index is 505. The van der Waals surface area contributed by atoms with E-state index in [-0.39, 0.29) is 0 Å². The lowest BCUT2D eigenvalue weighted by Crippen LogP contribution is -2.41. The highest BCUT2D eigenvalue weighted by atomic mass is 15.2. The minimum Gasteiger partial charge on any atom is -0.365 e. The Labute approximate surface area is 114 Å². The molecule has 0 saturated carbocycles. The summed E-state index contributed by atoms with van der Waals surface area (Å²) >= 11 is 0. The molecular formula is C15H20N4. The standard InChI is InChI=1S/C15H20N4/c1-11-5-7-17-15(12(11)10-16)18-13-6-9-19-8-3-2-4-14(13)19/h5,7,13-14H,2-4,6,8-9H2,1H3,(H,17,18). The second-order valence-corrected chi connectivity index (χ2v) is 5.60. The van der Waals surface area contributed by atoms with Crippen LogP contribution in [0.1, 0.15) is 36.8 Å². The van der Waals surface area contributed by atoms with Crippen LogP contribution in [0.25, 0.3) is 0 Å². The van der Waals surface area contributed by atoms with Gasteiger partial charge in [0.1, 0.15) is 11.9 Å². The second kappa shape index (κ2) is 5.18. The van der Waals surface area contributed by atoms with E-state index in [0.717, 1.165) is 17.8 Å². The third kappa shape index (κ3) is 2.31. The number of rotatable bonds is 2. The topological polar surface area (TPSA) is 52.0 Å². The summed E-state index contributed by atoms with van der Waals surface area (Å²) in [4.78, 5) is 6.95. The van der Waals surface area contributed by atoms with Crippen LogP contribution in [0.5, 0.6) is 0 Å². The van der Waals surface area contributed by atoms with Crippen molar-refractivity contribution in [2.24, 2.45) is 0 Å². The van der Waals surface area contributed by atoms with Crippen LogP contribution in [-0.2, 0) is 0 Å². The van der Waals surface area contributed by atoms with Crippen molar-refractivity contribution >= 4 is 5.82 Å². The molecule has 2 fully saturated rings. The van der Waals surface area contributed by atoms with Gasteiger partial charge in [-0.1, -0.05) is 6.42 Å². The molecule has 1 aromatic heterocycles. The Kier molecular flexibility index (Phi) is 3.39. The van der Waals surface area contributed by atoms with Crippen molar-refractivity contribution < 1.29 is 0 Å². The number of hydrogen-bond donors (Lipinski definition) is 1. The van der Waals surface area contributed by atoms with Crippen molar-refractivity contribution in [1.82, 2.24) is 9.88 Å². The van der Waals surface area contributed by atoms with E-state index >= 15 is 0 Å². The number of aromatic nitrogens is 1. The van der Waals surface area contributed by atoms with Gasteiger partial charge in [0.05, 0.1) is 5.56 Å². The van der Waals surface area contributed by atoms with Gasteiger partial charge in [-0.2, -0.15) is 5.26 Å². The lowest BCUT2D eigenvalue weighted by molar-refractivity contribution is 0.192. The fourth-order valence-corrected chi connectivity index (χ4v) is 3.40. The van der Waals surface area contributed by atoms with Crippen LogP contribution >= 0.6 is 0 Å². The highest BCUT2D eigenvalue weighted by molar-refractivity contribution is 5.56. The summed E-state index contributed by atoms with van der Waals surface area (Å²) in [5, 5.41) is 12.8. The lowest BCUT2D eigenvalue weighted by atomic mass is 9.99. The van der Waals surface area contributed by atoms with Crippen LogP contribution in [0.2, 0.25) is 0 Å². The van der Waals surface area contributed by atoms with E-state index in [4.69, 9.17) is 0 Å². The highest BCUT2D eigenvalue weighted by Crippen LogP contribution is 2.29. The summed E-state index contributed by atoms with van der Waals surface area (Å²) in [6.07, 6.45) is 6.86. The van der Waals surface area contributed by atoms with Gasteiger partial charge in [-0.3, -0.25) is 4.90 Å². The summed E-state index contributed by atoms with van der Waals surface area (Å²) in [5.41, 5.74) is 1.69. The highest BCUT2D eigenvalue weighted by Gasteiger charge is 2.35. The number of nitrogens with zero attached hydrogens (tertiary/aromatic N) is 3. The number of hydrogen-bond acceptors (Lipinski definition) is 4. The molecule has 2 aliphatic rings. The van der Waals surface area contributed by atoms with Crippen molar-refractivity contribution in [3.63, 3.8) is 0 Å². The van der Waals surface area contributed by atoms with E-state index in [9.17, 15) is 5.26 Å². The zero-order valence-corrected chi connectivity index (χ0v) is 11.4. The minimum absolute atomic E-state index is 0.446. The second-order valence-electron chi connectivity index (χ2n) is 5.60. The molecule has 100 valence electrons. The summed E-state index contributed by atoms with van der Waals surface area (Å²) in [6, 6.07) is 5.24. The van der Waals surface area contributed by atoms with Crippen molar-refractivity contribution in [3.05, 3.63) is 23.4 Å². The maximum Gasteiger partial charge on any atom is 0.144 e. The Hall–Kier alpha value is -1.60. The van der Waals surface area contributed by atoms with Gasteiger partial charge in [-0.25, -0.2) is 4.98 Å². The number of aryl methyl sites for hydroxylation is 1. The maximum atomic E-state index is 9.27. The average molecular weight is 256 g/mol. The molecule has 0 aromatic carbocycles. The van der Waals surface area contributed by atoms with Crippen LogP contribution < -0.4 is 5.32 Å². The predicted molar refractivity (Wildman–Crippen MR) is 74.9 cm³/mol. The molecule has 2 atom stereocenters. The molecule has 0 bridgehead atoms. The molecule has 2 unspecified atom stereocenters. The molecule has 4 nitrogen and oxygen atoms in total. The molecule has 2 saturated heterocycles. The number of nitrogens with one attached hydrogen (secondary N) is 1. The summed E-state index contributed by atoms with van der Waals surface area (Å²) < 4.78 is 0. The smallest absolute Gasteiger partial charge is 0.144 e. The summed E-state index contributed by atoms with van der Waals surface area (Å²) in [7, 11) is 0. The zero-order chi connectivity index (χ0) is 13.2. The van der Waals surface area contributed by atoms with Gasteiger partial charge in [0.15, 0.2) is 0 Å². The number of fused-ring (bicyclic) bond motifs is 1. The first-order chi connectivity index (χ1) is 9.29. The molecular weight excluding hydrogens is 236 g/mol. The lowest BCUT2D eigenvalue weighted by Gasteiger charge is -2.32. The molecule has 0 amide bonds. The van der Waals surface area contributed by atoms with Crippen LogP contribution in [0.15, 0.2) is 12.3 Å². The maximum absolute atomic E-state index is 9.27. The first kappa shape index (κ1) is 12.4. The van der Waals surface area contributed by atoms with Crippen LogP contribution in [0, 0.1) is 18.3 Å². The molecule has 2 aliphatic heterocycles. The minimum atomic E-state index is 0.446. The zero-order valence-electron chi connectivity index (χ0n) is 11.4. The number of piperidine rings is 1. The van der Waals surface area contributed by atoms with Gasteiger partial charge in [0.2, 0.25) is 0 Å². The van der Waals surface area contributed by atoms with E-state index < -0.39 is 0 Å². The van der Waals surface area contributed by atoms with Gasteiger partial charge in [0, 0.05) is 24.8 Å². The van der Waals surface area contributed by atoms with E-state index in [1.807, 2.05) is 13.0 Å². The molecule has 3 heterocycles. The molecule has 4 heteroatoms. The first-order valence-corrected chi connectivity index (χ1v) is 7.16. The molecule has 0 spiro atoms. The summed E-state index contributed by atoms with van der Waals surface area (Å²) in [6.45, 7) is 4.37. The largest absolute Gasteiger partial charge is 0.365 e. The van der Waals surface area contributed by atoms with Gasteiger partial charge in [0.25, 0.3) is 0 Å². The van der Waals surface area contributed by atoms with Crippen molar-refractivity contribution in [1.29, 1.82) is 5.26 Å². The molecule has 1 aromatic rings. The van der Waals surface area contributed by atoms with Gasteiger partial charge < -0.3 is 5.32 Å². The van der Waals surface area contributed by atoms with Crippen LogP contribution in [0.4, 0.5) is 5.82 Å². The normalized spacial score (nSPS) is 26.7. The molecule has 19 heavy (non-hydrogen) atoms. The van der Waals surface area contributed by atoms with Crippen LogP contribution in [0.3, 0.4) is 0 Å². The first-order valence-electron chi connectivity index (χ1n) is 7.16. The van der Waals surface area contributed by atoms with Gasteiger partial charge >= 0.3 is 0 Å². The monoisotopic (exact) mass is 256 g/mol. The van der Waals surface area contributed by atoms with Gasteiger partial charge in [-0.15, -0.1) is 0 Å². The van der Waals surface area contributed by atoms with Crippen molar-refractivity contribution in [2.45, 2.75) is 44.7 Å². The number of nitriles is 1. The molecule has 0 aliphatic carbocycles. The molecule has 1 N–H and O–H groups in total. The number of anilines is 1. The third-order valence-corrected chi connectivity index (χ3v) is 4.45. The number of pyridine rings is 1. The fraction of sp³-hybridized carbons (Fsp3) is 0.600. The van der Waals surface area contributed by atoms with Crippen molar-refractivity contribution in [3.8, 4) is 6.07 Å². The van der Waals surface area contributed by atoms with E-state index in [2.05, 4.69) is 21.3 Å². The predicted octanol–water partition coefficient (Wildman–Crippen LogP) is 2.30. The Balaban J connectivity index is 1.79. The fourth-order valence-electron chi connectivity index (χ4n) is 3.40. The Morgan fingerprint density at radius 3 is 3.11 bits per heavy atom. The van der Waals surface area contributed by atoms with E-state index in [1.54, 1.807) is 6.20 Å². The van der Waals surface area contributed by atoms with Crippen molar-refractivity contribution in [2.75, 3.05) is 18.4 Å². The average Bonchev–Trinajstić information content (AvgIpc) is 2.83. The Morgan fingerprint density at radius 1 is 1.37 bits per heavy atom. The van der Waals surface area contributed by atoms with E-state index in [0.29, 0.717) is 17.6 Å². The summed E-state index contributed by atoms with van der Waals surface area (Å²) in [5.74, 6) is 0.764. The quantitative estimate of drug-likeness (QED) is 0.882. The SMILES string of the molecule is Cc1ccnc(NC2CCN3CCCCC23)c1C#N. The molecule has 3 rings (SSSR count). The van der Waals surface area contributed by atoms with E-state index in [1.165, 1.54) is 32.4 Å². The van der Waals surface area contributed by atoms with Gasteiger partial charge in [-0.05, 0) is 44.4 Å². The van der Waals surface area contributed by atoms with Crippen LogP contribution in [-0.4, -0.2) is 35.1 Å². The third-order valence-electron chi connectivity index (χ3n) is 4.45. The Morgan fingerprint density at radius 2 is 2.26 bits per heavy atom.